The van der Waals surface area contributed by atoms with Gasteiger partial charge in [-0.2, -0.15) is 13.2 Å². The molecule has 2 unspecified atom stereocenters. The molecule has 0 radical (unpaired) electrons. The Bertz CT molecular complexity index is 497. The lowest BCUT2D eigenvalue weighted by atomic mass is 10.1. The molecular weight excluding hydrogens is 297 g/mol. The van der Waals surface area contributed by atoms with Crippen LogP contribution < -0.4 is 0 Å². The molecule has 0 saturated carbocycles. The van der Waals surface area contributed by atoms with Crippen LogP contribution >= 0.6 is 11.8 Å². The van der Waals surface area contributed by atoms with Crippen molar-refractivity contribution in [1.82, 2.24) is 0 Å². The van der Waals surface area contributed by atoms with E-state index >= 15 is 0 Å². The first kappa shape index (κ1) is 14.6. The Morgan fingerprint density at radius 1 is 1.26 bits per heavy atom. The summed E-state index contributed by atoms with van der Waals surface area (Å²) in [6.07, 6.45) is -3.61. The molecule has 1 aromatic rings. The summed E-state index contributed by atoms with van der Waals surface area (Å²) in [6, 6.07) is 4.06. The first-order chi connectivity index (χ1) is 8.89. The number of benzene rings is 1. The van der Waals surface area contributed by atoms with Gasteiger partial charge in [0.2, 0.25) is 0 Å². The molecule has 1 saturated heterocycles. The number of carbonyl (C=O) groups is 1. The SMILES string of the molecule is O=C(c1ccc(C(F)(F)F)cc1)C1SCCCS1=O. The van der Waals surface area contributed by atoms with Gasteiger partial charge in [0, 0.05) is 22.1 Å². The van der Waals surface area contributed by atoms with Gasteiger partial charge >= 0.3 is 6.18 Å². The zero-order valence-electron chi connectivity index (χ0n) is 9.77. The van der Waals surface area contributed by atoms with E-state index in [0.717, 1.165) is 36.4 Å². The first-order valence-corrected chi connectivity index (χ1v) is 8.03. The van der Waals surface area contributed by atoms with Crippen molar-refractivity contribution < 1.29 is 22.2 Å². The van der Waals surface area contributed by atoms with Crippen LogP contribution in [-0.4, -0.2) is 26.1 Å². The quantitative estimate of drug-likeness (QED) is 0.787. The molecule has 2 atom stereocenters. The van der Waals surface area contributed by atoms with Gasteiger partial charge in [-0.05, 0) is 24.3 Å². The summed E-state index contributed by atoms with van der Waals surface area (Å²) in [4.78, 5) is 12.1. The molecule has 1 aliphatic rings. The Labute approximate surface area is 115 Å². The number of ketones is 1. The minimum absolute atomic E-state index is 0.181. The van der Waals surface area contributed by atoms with Crippen molar-refractivity contribution >= 4 is 28.3 Å². The molecule has 2 rings (SSSR count). The molecule has 1 heterocycles. The Balaban J connectivity index is 2.18. The van der Waals surface area contributed by atoms with E-state index < -0.39 is 27.1 Å². The standard InChI is InChI=1S/C12H11F3O2S2/c13-12(14,15)9-4-2-8(3-5-9)10(16)11-18-6-1-7-19(11)17/h2-5,11H,1,6-7H2. The first-order valence-electron chi connectivity index (χ1n) is 5.60. The van der Waals surface area contributed by atoms with Crippen molar-refractivity contribution in [2.24, 2.45) is 0 Å². The maximum atomic E-state index is 12.4. The largest absolute Gasteiger partial charge is 0.416 e. The van der Waals surface area contributed by atoms with Gasteiger partial charge in [0.1, 0.15) is 4.58 Å². The number of hydrogen-bond acceptors (Lipinski definition) is 3. The number of thioether (sulfide) groups is 1. The molecular formula is C12H11F3O2S2. The molecule has 1 aliphatic heterocycles. The van der Waals surface area contributed by atoms with Crippen molar-refractivity contribution in [1.29, 1.82) is 0 Å². The highest BCUT2D eigenvalue weighted by atomic mass is 32.2. The van der Waals surface area contributed by atoms with Gasteiger partial charge < -0.3 is 0 Å². The lowest BCUT2D eigenvalue weighted by Crippen LogP contribution is -2.28. The summed E-state index contributed by atoms with van der Waals surface area (Å²) in [6.45, 7) is 0. The van der Waals surface area contributed by atoms with E-state index in [1.807, 2.05) is 0 Å². The Hall–Kier alpha value is -0.820. The lowest BCUT2D eigenvalue weighted by molar-refractivity contribution is -0.137. The summed E-state index contributed by atoms with van der Waals surface area (Å²) in [7, 11) is -1.24. The zero-order valence-corrected chi connectivity index (χ0v) is 11.4. The van der Waals surface area contributed by atoms with Crippen LogP contribution in [0.1, 0.15) is 22.3 Å². The molecule has 0 aromatic heterocycles. The third-order valence-electron chi connectivity index (χ3n) is 2.71. The highest BCUT2D eigenvalue weighted by molar-refractivity contribution is 8.13. The predicted molar refractivity (Wildman–Crippen MR) is 69.6 cm³/mol. The second-order valence-electron chi connectivity index (χ2n) is 4.08. The van der Waals surface area contributed by atoms with Crippen LogP contribution in [-0.2, 0) is 17.0 Å². The van der Waals surface area contributed by atoms with E-state index in [2.05, 4.69) is 0 Å². The molecule has 0 N–H and O–H groups in total. The normalized spacial score (nSPS) is 24.2. The lowest BCUT2D eigenvalue weighted by Gasteiger charge is -2.19. The van der Waals surface area contributed by atoms with Gasteiger partial charge in [-0.25, -0.2) is 0 Å². The van der Waals surface area contributed by atoms with Crippen LogP contribution in [0.15, 0.2) is 24.3 Å². The third-order valence-corrected chi connectivity index (χ3v) is 6.18. The summed E-state index contributed by atoms with van der Waals surface area (Å²) in [5.41, 5.74) is -0.609. The van der Waals surface area contributed by atoms with E-state index in [-0.39, 0.29) is 11.3 Å². The summed E-state index contributed by atoms with van der Waals surface area (Å²) < 4.78 is 48.3. The van der Waals surface area contributed by atoms with Crippen LogP contribution in [0.3, 0.4) is 0 Å². The monoisotopic (exact) mass is 308 g/mol. The molecule has 7 heteroatoms. The molecule has 1 fully saturated rings. The van der Waals surface area contributed by atoms with E-state index in [1.165, 1.54) is 11.8 Å². The van der Waals surface area contributed by atoms with Crippen LogP contribution in [0.4, 0.5) is 13.2 Å². The van der Waals surface area contributed by atoms with Crippen LogP contribution in [0.25, 0.3) is 0 Å². The number of Topliss-reactive ketones (excluding diaryl/α,β-unsaturated/α-hetero) is 1. The number of alkyl halides is 3. The minimum atomic E-state index is -4.41. The maximum absolute atomic E-state index is 12.4. The zero-order chi connectivity index (χ0) is 14.0. The summed E-state index contributed by atoms with van der Waals surface area (Å²) >= 11 is 1.31. The van der Waals surface area contributed by atoms with Crippen LogP contribution in [0.2, 0.25) is 0 Å². The number of halogens is 3. The molecule has 2 nitrogen and oxygen atoms in total. The van der Waals surface area contributed by atoms with E-state index in [0.29, 0.717) is 5.75 Å². The predicted octanol–water partition coefficient (Wildman–Crippen LogP) is 3.10. The smallest absolute Gasteiger partial charge is 0.292 e. The number of carbonyl (C=O) groups excluding carboxylic acids is 1. The minimum Gasteiger partial charge on any atom is -0.292 e. The average Bonchev–Trinajstić information content (AvgIpc) is 2.38. The second-order valence-corrected chi connectivity index (χ2v) is 7.23. The average molecular weight is 308 g/mol. The van der Waals surface area contributed by atoms with Gasteiger partial charge in [-0.15, -0.1) is 11.8 Å². The third kappa shape index (κ3) is 3.39. The van der Waals surface area contributed by atoms with Gasteiger partial charge in [0.05, 0.1) is 5.56 Å². The van der Waals surface area contributed by atoms with Crippen molar-refractivity contribution in [3.8, 4) is 0 Å². The Morgan fingerprint density at radius 2 is 1.89 bits per heavy atom. The second kappa shape index (κ2) is 5.66. The molecule has 0 aliphatic carbocycles. The highest BCUT2D eigenvalue weighted by Crippen LogP contribution is 2.30. The topological polar surface area (TPSA) is 34.1 Å². The molecule has 1 aromatic carbocycles. The molecule has 19 heavy (non-hydrogen) atoms. The number of rotatable bonds is 2. The van der Waals surface area contributed by atoms with Gasteiger partial charge in [-0.3, -0.25) is 9.00 Å². The van der Waals surface area contributed by atoms with E-state index in [9.17, 15) is 22.2 Å². The molecule has 104 valence electrons. The Morgan fingerprint density at radius 3 is 2.42 bits per heavy atom. The molecule has 0 amide bonds. The van der Waals surface area contributed by atoms with Crippen molar-refractivity contribution in [3.05, 3.63) is 35.4 Å². The van der Waals surface area contributed by atoms with Crippen LogP contribution in [0, 0.1) is 0 Å². The number of hydrogen-bond donors (Lipinski definition) is 0. The summed E-state index contributed by atoms with van der Waals surface area (Å²) in [5, 5.41) is 0. The summed E-state index contributed by atoms with van der Waals surface area (Å²) in [5.74, 6) is 0.879. The Kier molecular flexibility index (Phi) is 4.35. The van der Waals surface area contributed by atoms with Gasteiger partial charge in [0.25, 0.3) is 0 Å². The fourth-order valence-corrected chi connectivity index (χ4v) is 4.93. The van der Waals surface area contributed by atoms with Crippen molar-refractivity contribution in [2.45, 2.75) is 17.2 Å². The van der Waals surface area contributed by atoms with Crippen molar-refractivity contribution in [2.75, 3.05) is 11.5 Å². The van der Waals surface area contributed by atoms with Gasteiger partial charge in [0.15, 0.2) is 5.78 Å². The highest BCUT2D eigenvalue weighted by Gasteiger charge is 2.32. The molecule has 0 bridgehead atoms. The van der Waals surface area contributed by atoms with E-state index in [1.54, 1.807) is 0 Å². The molecule has 0 spiro atoms. The maximum Gasteiger partial charge on any atom is 0.416 e. The van der Waals surface area contributed by atoms with Crippen molar-refractivity contribution in [3.63, 3.8) is 0 Å². The van der Waals surface area contributed by atoms with Gasteiger partial charge in [-0.1, -0.05) is 12.1 Å². The van der Waals surface area contributed by atoms with Crippen LogP contribution in [0.5, 0.6) is 0 Å². The van der Waals surface area contributed by atoms with E-state index in [4.69, 9.17) is 0 Å². The fourth-order valence-electron chi connectivity index (χ4n) is 1.73. The fraction of sp³-hybridized carbons (Fsp3) is 0.417.